The first kappa shape index (κ1) is 13.9. The lowest BCUT2D eigenvalue weighted by Crippen LogP contribution is -2.39. The van der Waals surface area contributed by atoms with Crippen molar-refractivity contribution < 1.29 is 18.4 Å². The fourth-order valence-electron chi connectivity index (χ4n) is 1.78. The molecule has 0 bridgehead atoms. The molecule has 1 aromatic carbocycles. The van der Waals surface area contributed by atoms with E-state index in [0.717, 1.165) is 12.1 Å². The van der Waals surface area contributed by atoms with Gasteiger partial charge in [0.15, 0.2) is 0 Å². The molecule has 2 atom stereocenters. The number of hydrogen-bond donors (Lipinski definition) is 1. The lowest BCUT2D eigenvalue weighted by atomic mass is 10.0. The van der Waals surface area contributed by atoms with Crippen LogP contribution in [0.1, 0.15) is 18.9 Å². The van der Waals surface area contributed by atoms with E-state index in [0.29, 0.717) is 0 Å². The van der Waals surface area contributed by atoms with Gasteiger partial charge in [-0.1, -0.05) is 11.2 Å². The number of carbonyl (C=O) groups excluding carboxylic acids is 1. The molecule has 0 aromatic heterocycles. The van der Waals surface area contributed by atoms with E-state index in [1.54, 1.807) is 0 Å². The van der Waals surface area contributed by atoms with Gasteiger partial charge in [-0.15, -0.1) is 0 Å². The van der Waals surface area contributed by atoms with Gasteiger partial charge < -0.3 is 10.2 Å². The molecular weight excluding hydrogens is 268 g/mol. The van der Waals surface area contributed by atoms with E-state index < -0.39 is 29.7 Å². The summed E-state index contributed by atoms with van der Waals surface area (Å²) in [5.74, 6) is -2.08. The monoisotopic (exact) mass is 279 g/mol. The first-order valence-electron chi connectivity index (χ1n) is 5.90. The Morgan fingerprint density at radius 3 is 2.80 bits per heavy atom. The third-order valence-corrected chi connectivity index (χ3v) is 2.77. The molecule has 20 heavy (non-hydrogen) atoms. The van der Waals surface area contributed by atoms with Gasteiger partial charge in [-0.2, -0.15) is 5.26 Å². The van der Waals surface area contributed by atoms with Gasteiger partial charge in [-0.3, -0.25) is 4.79 Å². The topological polar surface area (TPSA) is 74.5 Å². The minimum atomic E-state index is -0.986. The van der Waals surface area contributed by atoms with Crippen LogP contribution in [0.25, 0.3) is 0 Å². The summed E-state index contributed by atoms with van der Waals surface area (Å²) in [5, 5.41) is 14.5. The van der Waals surface area contributed by atoms with E-state index in [-0.39, 0.29) is 17.7 Å². The van der Waals surface area contributed by atoms with Crippen molar-refractivity contribution in [2.45, 2.75) is 25.5 Å². The van der Waals surface area contributed by atoms with Crippen molar-refractivity contribution in [3.63, 3.8) is 0 Å². The number of carbonyl (C=O) groups is 1. The van der Waals surface area contributed by atoms with E-state index in [1.807, 2.05) is 6.07 Å². The second-order valence-corrected chi connectivity index (χ2v) is 4.29. The van der Waals surface area contributed by atoms with Gasteiger partial charge in [0.2, 0.25) is 6.10 Å². The second-order valence-electron chi connectivity index (χ2n) is 4.29. The van der Waals surface area contributed by atoms with Crippen LogP contribution in [-0.4, -0.2) is 23.8 Å². The molecule has 0 radical (unpaired) electrons. The molecule has 5 nitrogen and oxygen atoms in total. The zero-order chi connectivity index (χ0) is 14.7. The van der Waals surface area contributed by atoms with Crippen LogP contribution in [-0.2, 0) is 9.63 Å². The van der Waals surface area contributed by atoms with Crippen molar-refractivity contribution in [1.82, 2.24) is 5.32 Å². The number of rotatable bonds is 3. The molecule has 1 aliphatic rings. The Kier molecular flexibility index (Phi) is 3.94. The summed E-state index contributed by atoms with van der Waals surface area (Å²) < 4.78 is 27.2. The number of nitriles is 1. The molecule has 0 spiro atoms. The molecule has 1 aromatic rings. The van der Waals surface area contributed by atoms with Crippen LogP contribution in [0.2, 0.25) is 0 Å². The fourth-order valence-corrected chi connectivity index (χ4v) is 1.78. The van der Waals surface area contributed by atoms with Crippen LogP contribution in [0.15, 0.2) is 23.4 Å². The highest BCUT2D eigenvalue weighted by Gasteiger charge is 2.31. The number of nitrogens with one attached hydrogen (secondary N) is 1. The Morgan fingerprint density at radius 1 is 1.55 bits per heavy atom. The Hall–Kier alpha value is -2.49. The Bertz CT molecular complexity index is 590. The number of halogens is 2. The predicted octanol–water partition coefficient (Wildman–Crippen LogP) is 1.49. The largest absolute Gasteiger partial charge is 0.382 e. The van der Waals surface area contributed by atoms with Gasteiger partial charge >= 0.3 is 0 Å². The molecule has 1 heterocycles. The van der Waals surface area contributed by atoms with E-state index >= 15 is 0 Å². The summed E-state index contributed by atoms with van der Waals surface area (Å²) in [7, 11) is 0. The van der Waals surface area contributed by atoms with E-state index in [4.69, 9.17) is 10.1 Å². The summed E-state index contributed by atoms with van der Waals surface area (Å²) >= 11 is 0. The minimum absolute atomic E-state index is 0.0327. The average molecular weight is 279 g/mol. The second kappa shape index (κ2) is 5.65. The Labute approximate surface area is 113 Å². The van der Waals surface area contributed by atoms with Crippen molar-refractivity contribution in [3.05, 3.63) is 35.4 Å². The SMILES string of the molecule is C[C@@H](C#N)NC(=O)[C@H]1CC(c2c(F)cccc2F)=NO1. The summed E-state index contributed by atoms with van der Waals surface area (Å²) in [4.78, 5) is 16.6. The van der Waals surface area contributed by atoms with Crippen LogP contribution in [0, 0.1) is 23.0 Å². The van der Waals surface area contributed by atoms with Gasteiger partial charge in [-0.05, 0) is 19.1 Å². The number of nitrogens with zero attached hydrogens (tertiary/aromatic N) is 2. The first-order valence-corrected chi connectivity index (χ1v) is 5.90. The number of benzene rings is 1. The Morgan fingerprint density at radius 2 is 2.20 bits per heavy atom. The minimum Gasteiger partial charge on any atom is -0.382 e. The molecular formula is C13H11F2N3O2. The van der Waals surface area contributed by atoms with Crippen LogP contribution in [0.4, 0.5) is 8.78 Å². The van der Waals surface area contributed by atoms with Gasteiger partial charge in [0.25, 0.3) is 5.91 Å². The molecule has 1 amide bonds. The molecule has 0 saturated heterocycles. The van der Waals surface area contributed by atoms with Crippen LogP contribution in [0.5, 0.6) is 0 Å². The van der Waals surface area contributed by atoms with E-state index in [1.165, 1.54) is 13.0 Å². The van der Waals surface area contributed by atoms with Gasteiger partial charge in [0.1, 0.15) is 17.7 Å². The summed E-state index contributed by atoms with van der Waals surface area (Å²) in [6.07, 6.45) is -1.04. The van der Waals surface area contributed by atoms with Crippen molar-refractivity contribution in [3.8, 4) is 6.07 Å². The van der Waals surface area contributed by atoms with E-state index in [2.05, 4.69) is 10.5 Å². The molecule has 0 fully saturated rings. The number of oxime groups is 1. The highest BCUT2D eigenvalue weighted by Crippen LogP contribution is 2.21. The van der Waals surface area contributed by atoms with Gasteiger partial charge in [0, 0.05) is 6.42 Å². The lowest BCUT2D eigenvalue weighted by molar-refractivity contribution is -0.131. The Balaban J connectivity index is 2.09. The first-order chi connectivity index (χ1) is 9.52. The molecule has 0 saturated carbocycles. The highest BCUT2D eigenvalue weighted by atomic mass is 19.1. The lowest BCUT2D eigenvalue weighted by Gasteiger charge is -2.10. The number of hydrogen-bond acceptors (Lipinski definition) is 4. The highest BCUT2D eigenvalue weighted by molar-refractivity contribution is 6.04. The molecule has 1 aliphatic heterocycles. The van der Waals surface area contributed by atoms with Crippen molar-refractivity contribution in [2.24, 2.45) is 5.16 Å². The molecule has 2 rings (SSSR count). The smallest absolute Gasteiger partial charge is 0.265 e. The zero-order valence-electron chi connectivity index (χ0n) is 10.6. The fraction of sp³-hybridized carbons (Fsp3) is 0.308. The third-order valence-electron chi connectivity index (χ3n) is 2.77. The van der Waals surface area contributed by atoms with Gasteiger partial charge in [0.05, 0.1) is 17.3 Å². The molecule has 0 aliphatic carbocycles. The maximum absolute atomic E-state index is 13.6. The zero-order valence-corrected chi connectivity index (χ0v) is 10.6. The van der Waals surface area contributed by atoms with Crippen LogP contribution >= 0.6 is 0 Å². The molecule has 7 heteroatoms. The molecule has 1 N–H and O–H groups in total. The average Bonchev–Trinajstić information content (AvgIpc) is 2.88. The van der Waals surface area contributed by atoms with Crippen molar-refractivity contribution in [1.29, 1.82) is 5.26 Å². The summed E-state index contributed by atoms with van der Waals surface area (Å²) in [5.41, 5.74) is -0.263. The predicted molar refractivity (Wildman–Crippen MR) is 65.6 cm³/mol. The maximum Gasteiger partial charge on any atom is 0.265 e. The third kappa shape index (κ3) is 2.74. The number of amides is 1. The van der Waals surface area contributed by atoms with E-state index in [9.17, 15) is 13.6 Å². The molecule has 104 valence electrons. The van der Waals surface area contributed by atoms with Gasteiger partial charge in [-0.25, -0.2) is 8.78 Å². The maximum atomic E-state index is 13.6. The van der Waals surface area contributed by atoms with Crippen LogP contribution in [0.3, 0.4) is 0 Å². The quantitative estimate of drug-likeness (QED) is 0.910. The standard InChI is InChI=1S/C13H11F2N3O2/c1-7(6-16)17-13(19)11-5-10(18-20-11)12-8(14)3-2-4-9(12)15/h2-4,7,11H,5H2,1H3,(H,17,19)/t7-,11+/m0/s1. The van der Waals surface area contributed by atoms with Crippen LogP contribution < -0.4 is 5.32 Å². The van der Waals surface area contributed by atoms with Crippen molar-refractivity contribution in [2.75, 3.05) is 0 Å². The summed E-state index contributed by atoms with van der Waals surface area (Å²) in [6, 6.07) is 4.60. The molecule has 0 unspecified atom stereocenters. The van der Waals surface area contributed by atoms with Crippen molar-refractivity contribution >= 4 is 11.6 Å². The normalized spacial score (nSPS) is 18.7. The summed E-state index contributed by atoms with van der Waals surface area (Å²) in [6.45, 7) is 1.51.